The molecule has 3 aromatic rings. The van der Waals surface area contributed by atoms with Gasteiger partial charge in [-0.2, -0.15) is 13.2 Å². The van der Waals surface area contributed by atoms with Gasteiger partial charge in [0.25, 0.3) is 0 Å². The summed E-state index contributed by atoms with van der Waals surface area (Å²) in [5.41, 5.74) is 9.06. The van der Waals surface area contributed by atoms with Crippen molar-refractivity contribution in [1.29, 1.82) is 0 Å². The second-order valence-corrected chi connectivity index (χ2v) is 7.87. The third kappa shape index (κ3) is 3.69. The molecule has 30 heavy (non-hydrogen) atoms. The van der Waals surface area contributed by atoms with Crippen molar-refractivity contribution >= 4 is 5.95 Å². The SMILES string of the molecule is Nc1nc(C2(Cc3ccc(C(F)(F)F)cc3)CCc3ccccc32)cn1CCCO. The molecule has 158 valence electrons. The number of hydrogen-bond acceptors (Lipinski definition) is 3. The van der Waals surface area contributed by atoms with Gasteiger partial charge in [0.2, 0.25) is 0 Å². The van der Waals surface area contributed by atoms with Gasteiger partial charge >= 0.3 is 6.18 Å². The molecular formula is C23H24F3N3O. The molecule has 7 heteroatoms. The number of halogens is 3. The zero-order chi connectivity index (χ0) is 21.4. The zero-order valence-corrected chi connectivity index (χ0v) is 16.5. The number of nitrogens with two attached hydrogens (primary N) is 1. The molecule has 0 amide bonds. The monoisotopic (exact) mass is 415 g/mol. The van der Waals surface area contributed by atoms with Crippen LogP contribution in [0, 0.1) is 0 Å². The van der Waals surface area contributed by atoms with Gasteiger partial charge < -0.3 is 15.4 Å². The lowest BCUT2D eigenvalue weighted by atomic mass is 9.74. The number of imidazole rings is 1. The summed E-state index contributed by atoms with van der Waals surface area (Å²) in [5.74, 6) is 0.384. The van der Waals surface area contributed by atoms with E-state index in [1.165, 1.54) is 5.56 Å². The van der Waals surface area contributed by atoms with Crippen LogP contribution in [0.25, 0.3) is 0 Å². The van der Waals surface area contributed by atoms with E-state index in [-0.39, 0.29) is 6.61 Å². The van der Waals surface area contributed by atoms with E-state index < -0.39 is 17.2 Å². The predicted octanol–water partition coefficient (Wildman–Crippen LogP) is 4.34. The molecule has 0 fully saturated rings. The van der Waals surface area contributed by atoms with Crippen molar-refractivity contribution in [2.24, 2.45) is 0 Å². The standard InChI is InChI=1S/C23H24F3N3O/c24-23(25,26)18-8-6-16(7-9-18)14-22(11-10-17-4-1-2-5-19(17)22)20-15-29(12-3-13-30)21(27)28-20/h1-2,4-9,15,30H,3,10-14H2,(H2,27,28). The van der Waals surface area contributed by atoms with Gasteiger partial charge in [0.1, 0.15) is 0 Å². The lowest BCUT2D eigenvalue weighted by Gasteiger charge is -2.29. The summed E-state index contributed by atoms with van der Waals surface area (Å²) >= 11 is 0. The van der Waals surface area contributed by atoms with Crippen molar-refractivity contribution in [2.75, 3.05) is 12.3 Å². The minimum absolute atomic E-state index is 0.0620. The Kier molecular flexibility index (Phi) is 5.32. The van der Waals surface area contributed by atoms with E-state index in [0.29, 0.717) is 25.3 Å². The van der Waals surface area contributed by atoms with E-state index in [2.05, 4.69) is 17.1 Å². The number of alkyl halides is 3. The van der Waals surface area contributed by atoms with Crippen molar-refractivity contribution in [2.45, 2.75) is 43.8 Å². The average molecular weight is 415 g/mol. The average Bonchev–Trinajstić information content (AvgIpc) is 3.28. The fourth-order valence-electron chi connectivity index (χ4n) is 4.47. The molecule has 4 nitrogen and oxygen atoms in total. The molecule has 1 atom stereocenters. The van der Waals surface area contributed by atoms with Crippen molar-refractivity contribution in [1.82, 2.24) is 9.55 Å². The highest BCUT2D eigenvalue weighted by Crippen LogP contribution is 2.46. The van der Waals surface area contributed by atoms with E-state index in [1.54, 1.807) is 12.1 Å². The molecule has 2 aromatic carbocycles. The Morgan fingerprint density at radius 1 is 1.10 bits per heavy atom. The van der Waals surface area contributed by atoms with Crippen LogP contribution in [0.4, 0.5) is 19.1 Å². The number of aliphatic hydroxyl groups excluding tert-OH is 1. The van der Waals surface area contributed by atoms with E-state index in [4.69, 9.17) is 10.8 Å². The van der Waals surface area contributed by atoms with Gasteiger partial charge in [-0.1, -0.05) is 36.4 Å². The normalized spacial score (nSPS) is 18.5. The number of benzene rings is 2. The minimum Gasteiger partial charge on any atom is -0.396 e. The van der Waals surface area contributed by atoms with Crippen LogP contribution in [0.15, 0.2) is 54.7 Å². The first-order valence-electron chi connectivity index (χ1n) is 10.0. The lowest BCUT2D eigenvalue weighted by Crippen LogP contribution is -2.28. The number of hydrogen-bond donors (Lipinski definition) is 2. The van der Waals surface area contributed by atoms with E-state index >= 15 is 0 Å². The molecule has 0 aliphatic heterocycles. The third-order valence-electron chi connectivity index (χ3n) is 6.00. The fourth-order valence-corrected chi connectivity index (χ4v) is 4.47. The van der Waals surface area contributed by atoms with Crippen molar-refractivity contribution in [3.63, 3.8) is 0 Å². The van der Waals surface area contributed by atoms with Crippen LogP contribution in [0.2, 0.25) is 0 Å². The van der Waals surface area contributed by atoms with Gasteiger partial charge in [-0.3, -0.25) is 0 Å². The van der Waals surface area contributed by atoms with Crippen molar-refractivity contribution < 1.29 is 18.3 Å². The maximum absolute atomic E-state index is 13.0. The van der Waals surface area contributed by atoms with Crippen LogP contribution in [0.5, 0.6) is 0 Å². The number of anilines is 1. The van der Waals surface area contributed by atoms with Crippen LogP contribution in [-0.2, 0) is 31.0 Å². The predicted molar refractivity (Wildman–Crippen MR) is 109 cm³/mol. The number of aromatic nitrogens is 2. The Morgan fingerprint density at radius 3 is 2.53 bits per heavy atom. The summed E-state index contributed by atoms with van der Waals surface area (Å²) in [4.78, 5) is 4.65. The second kappa shape index (κ2) is 7.80. The lowest BCUT2D eigenvalue weighted by molar-refractivity contribution is -0.137. The highest BCUT2D eigenvalue weighted by Gasteiger charge is 2.42. The number of fused-ring (bicyclic) bond motifs is 1. The Morgan fingerprint density at radius 2 is 1.83 bits per heavy atom. The summed E-state index contributed by atoms with van der Waals surface area (Å²) < 4.78 is 40.7. The number of aliphatic hydroxyl groups is 1. The maximum atomic E-state index is 13.0. The van der Waals surface area contributed by atoms with Crippen molar-refractivity contribution in [3.05, 3.63) is 82.7 Å². The molecule has 1 aliphatic carbocycles. The molecule has 0 saturated heterocycles. The summed E-state index contributed by atoms with van der Waals surface area (Å²) in [6.45, 7) is 0.625. The molecule has 3 N–H and O–H groups in total. The van der Waals surface area contributed by atoms with Crippen molar-refractivity contribution in [3.8, 4) is 0 Å². The van der Waals surface area contributed by atoms with Gasteiger partial charge in [0.15, 0.2) is 5.95 Å². The number of nitrogen functional groups attached to an aromatic ring is 1. The smallest absolute Gasteiger partial charge is 0.396 e. The third-order valence-corrected chi connectivity index (χ3v) is 6.00. The largest absolute Gasteiger partial charge is 0.416 e. The molecule has 1 aromatic heterocycles. The molecule has 0 saturated carbocycles. The number of rotatable bonds is 6. The highest BCUT2D eigenvalue weighted by molar-refractivity contribution is 5.48. The first kappa shape index (κ1) is 20.5. The van der Waals surface area contributed by atoms with Gasteiger partial charge in [-0.15, -0.1) is 0 Å². The fraction of sp³-hybridized carbons (Fsp3) is 0.348. The van der Waals surface area contributed by atoms with Gasteiger partial charge in [0, 0.05) is 24.8 Å². The number of nitrogens with zero attached hydrogens (tertiary/aromatic N) is 2. The first-order chi connectivity index (χ1) is 14.3. The van der Waals surface area contributed by atoms with Crippen LogP contribution in [-0.4, -0.2) is 21.3 Å². The molecule has 0 spiro atoms. The molecule has 1 unspecified atom stereocenters. The van der Waals surface area contributed by atoms with Crippen LogP contribution >= 0.6 is 0 Å². The molecule has 1 aliphatic rings. The molecular weight excluding hydrogens is 391 g/mol. The molecule has 0 bridgehead atoms. The highest BCUT2D eigenvalue weighted by atomic mass is 19.4. The zero-order valence-electron chi connectivity index (χ0n) is 16.5. The molecule has 1 heterocycles. The molecule has 0 radical (unpaired) electrons. The van der Waals surface area contributed by atoms with Gasteiger partial charge in [0.05, 0.1) is 11.3 Å². The summed E-state index contributed by atoms with van der Waals surface area (Å²) in [6.07, 6.45) is 0.373. The Balaban J connectivity index is 1.75. The van der Waals surface area contributed by atoms with E-state index in [1.807, 2.05) is 22.9 Å². The van der Waals surface area contributed by atoms with Crippen LogP contribution in [0.1, 0.15) is 40.8 Å². The maximum Gasteiger partial charge on any atom is 0.416 e. The van der Waals surface area contributed by atoms with E-state index in [0.717, 1.165) is 41.8 Å². The number of aryl methyl sites for hydroxylation is 2. The Labute approximate surface area is 173 Å². The minimum atomic E-state index is -4.35. The topological polar surface area (TPSA) is 64.1 Å². The second-order valence-electron chi connectivity index (χ2n) is 7.87. The summed E-state index contributed by atoms with van der Waals surface area (Å²) in [6, 6.07) is 13.5. The summed E-state index contributed by atoms with van der Waals surface area (Å²) in [7, 11) is 0. The van der Waals surface area contributed by atoms with Crippen LogP contribution in [0.3, 0.4) is 0 Å². The first-order valence-corrected chi connectivity index (χ1v) is 10.0. The van der Waals surface area contributed by atoms with E-state index in [9.17, 15) is 13.2 Å². The van der Waals surface area contributed by atoms with Gasteiger partial charge in [-0.05, 0) is 54.5 Å². The van der Waals surface area contributed by atoms with Gasteiger partial charge in [-0.25, -0.2) is 4.98 Å². The molecule has 4 rings (SSSR count). The quantitative estimate of drug-likeness (QED) is 0.630. The van der Waals surface area contributed by atoms with Crippen LogP contribution < -0.4 is 5.73 Å². The Bertz CT molecular complexity index is 1030. The Hall–Kier alpha value is -2.80. The summed E-state index contributed by atoms with van der Waals surface area (Å²) in [5, 5.41) is 9.14.